The van der Waals surface area contributed by atoms with Crippen LogP contribution in [-0.2, 0) is 0 Å². The van der Waals surface area contributed by atoms with Crippen LogP contribution in [0, 0.1) is 17.3 Å². The maximum Gasteiger partial charge on any atom is -0.00722 e. The summed E-state index contributed by atoms with van der Waals surface area (Å²) in [5, 5.41) is 0. The predicted molar refractivity (Wildman–Crippen MR) is 65.3 cm³/mol. The van der Waals surface area contributed by atoms with Gasteiger partial charge < -0.3 is 5.73 Å². The maximum atomic E-state index is 5.61. The Labute approximate surface area is 90.5 Å². The predicted octanol–water partition coefficient (Wildman–Crippen LogP) is 3.82. The Hall–Kier alpha value is -0.0400. The lowest BCUT2D eigenvalue weighted by atomic mass is 9.79. The molecular formula is C13H29N. The standard InChI is InChI=1S/C13H29N/c1-11(2)6-7-12(3)10-13(4,5)8-9-14/h11-12H,6-10,14H2,1-5H3. The molecule has 0 spiro atoms. The molecule has 0 aliphatic rings. The number of nitrogens with two attached hydrogens (primary N) is 1. The summed E-state index contributed by atoms with van der Waals surface area (Å²) < 4.78 is 0. The normalized spacial score (nSPS) is 14.8. The lowest BCUT2D eigenvalue weighted by molar-refractivity contribution is 0.246. The van der Waals surface area contributed by atoms with Crippen molar-refractivity contribution in [2.45, 2.75) is 60.3 Å². The van der Waals surface area contributed by atoms with Crippen LogP contribution in [0.2, 0.25) is 0 Å². The van der Waals surface area contributed by atoms with Crippen molar-refractivity contribution in [1.29, 1.82) is 0 Å². The van der Waals surface area contributed by atoms with Crippen molar-refractivity contribution in [1.82, 2.24) is 0 Å². The summed E-state index contributed by atoms with van der Waals surface area (Å²) in [6.07, 6.45) is 5.20. The summed E-state index contributed by atoms with van der Waals surface area (Å²) in [6, 6.07) is 0. The van der Waals surface area contributed by atoms with E-state index in [1.165, 1.54) is 19.3 Å². The van der Waals surface area contributed by atoms with Crippen molar-refractivity contribution in [3.05, 3.63) is 0 Å². The number of hydrogen-bond acceptors (Lipinski definition) is 1. The monoisotopic (exact) mass is 199 g/mol. The Morgan fingerprint density at radius 3 is 2.07 bits per heavy atom. The zero-order valence-electron chi connectivity index (χ0n) is 10.8. The lowest BCUT2D eigenvalue weighted by Crippen LogP contribution is -2.20. The van der Waals surface area contributed by atoms with Gasteiger partial charge in [0.25, 0.3) is 0 Å². The Morgan fingerprint density at radius 1 is 1.07 bits per heavy atom. The van der Waals surface area contributed by atoms with Crippen molar-refractivity contribution in [2.75, 3.05) is 6.54 Å². The Bertz CT molecular complexity index is 138. The van der Waals surface area contributed by atoms with Crippen LogP contribution in [0.3, 0.4) is 0 Å². The molecule has 1 unspecified atom stereocenters. The molecule has 14 heavy (non-hydrogen) atoms. The molecular weight excluding hydrogens is 170 g/mol. The zero-order valence-corrected chi connectivity index (χ0v) is 10.8. The third kappa shape index (κ3) is 7.37. The third-order valence-corrected chi connectivity index (χ3v) is 2.96. The second-order valence-corrected chi connectivity index (χ2v) is 5.98. The largest absolute Gasteiger partial charge is 0.330 e. The molecule has 0 aromatic carbocycles. The molecule has 86 valence electrons. The Kier molecular flexibility index (Phi) is 6.43. The third-order valence-electron chi connectivity index (χ3n) is 2.96. The maximum absolute atomic E-state index is 5.61. The fourth-order valence-electron chi connectivity index (χ4n) is 2.16. The second-order valence-electron chi connectivity index (χ2n) is 5.98. The minimum Gasteiger partial charge on any atom is -0.330 e. The topological polar surface area (TPSA) is 26.0 Å². The van der Waals surface area contributed by atoms with E-state index < -0.39 is 0 Å². The van der Waals surface area contributed by atoms with Crippen LogP contribution in [0.5, 0.6) is 0 Å². The molecule has 1 nitrogen and oxygen atoms in total. The summed E-state index contributed by atoms with van der Waals surface area (Å²) in [6.45, 7) is 12.5. The van der Waals surface area contributed by atoms with Crippen molar-refractivity contribution in [3.8, 4) is 0 Å². The van der Waals surface area contributed by atoms with Gasteiger partial charge in [-0.2, -0.15) is 0 Å². The van der Waals surface area contributed by atoms with Gasteiger partial charge in [-0.05, 0) is 36.6 Å². The molecule has 0 saturated carbocycles. The van der Waals surface area contributed by atoms with Gasteiger partial charge >= 0.3 is 0 Å². The summed E-state index contributed by atoms with van der Waals surface area (Å²) in [7, 11) is 0. The van der Waals surface area contributed by atoms with E-state index in [9.17, 15) is 0 Å². The van der Waals surface area contributed by atoms with Crippen LogP contribution in [0.25, 0.3) is 0 Å². The van der Waals surface area contributed by atoms with Crippen LogP contribution in [0.4, 0.5) is 0 Å². The van der Waals surface area contributed by atoms with Crippen LogP contribution >= 0.6 is 0 Å². The summed E-state index contributed by atoms with van der Waals surface area (Å²) >= 11 is 0. The van der Waals surface area contributed by atoms with E-state index in [1.54, 1.807) is 0 Å². The van der Waals surface area contributed by atoms with Gasteiger partial charge in [-0.15, -0.1) is 0 Å². The van der Waals surface area contributed by atoms with Crippen molar-refractivity contribution in [2.24, 2.45) is 23.0 Å². The minimum atomic E-state index is 0.436. The highest BCUT2D eigenvalue weighted by Crippen LogP contribution is 2.30. The summed E-state index contributed by atoms with van der Waals surface area (Å²) in [4.78, 5) is 0. The van der Waals surface area contributed by atoms with Crippen molar-refractivity contribution >= 4 is 0 Å². The first kappa shape index (κ1) is 14.0. The lowest BCUT2D eigenvalue weighted by Gasteiger charge is -2.27. The zero-order chi connectivity index (χ0) is 11.2. The molecule has 0 heterocycles. The summed E-state index contributed by atoms with van der Waals surface area (Å²) in [5.74, 6) is 1.69. The highest BCUT2D eigenvalue weighted by Gasteiger charge is 2.19. The van der Waals surface area contributed by atoms with Gasteiger partial charge in [-0.25, -0.2) is 0 Å². The van der Waals surface area contributed by atoms with Crippen LogP contribution < -0.4 is 5.73 Å². The first-order chi connectivity index (χ1) is 6.37. The molecule has 0 aromatic rings. The van der Waals surface area contributed by atoms with E-state index in [2.05, 4.69) is 34.6 Å². The molecule has 0 amide bonds. The van der Waals surface area contributed by atoms with Crippen LogP contribution in [-0.4, -0.2) is 6.54 Å². The number of rotatable bonds is 7. The van der Waals surface area contributed by atoms with E-state index in [0.29, 0.717) is 5.41 Å². The van der Waals surface area contributed by atoms with Crippen LogP contribution in [0.1, 0.15) is 60.3 Å². The molecule has 0 bridgehead atoms. The van der Waals surface area contributed by atoms with E-state index in [1.807, 2.05) is 0 Å². The average Bonchev–Trinajstić information content (AvgIpc) is 1.99. The molecule has 0 aromatic heterocycles. The smallest absolute Gasteiger partial charge is 0.00722 e. The quantitative estimate of drug-likeness (QED) is 0.662. The molecule has 0 aliphatic carbocycles. The first-order valence-corrected chi connectivity index (χ1v) is 6.07. The molecule has 0 aliphatic heterocycles. The second kappa shape index (κ2) is 6.44. The molecule has 1 atom stereocenters. The first-order valence-electron chi connectivity index (χ1n) is 6.07. The van der Waals surface area contributed by atoms with Gasteiger partial charge in [-0.1, -0.05) is 47.5 Å². The van der Waals surface area contributed by atoms with E-state index in [4.69, 9.17) is 5.73 Å². The molecule has 0 fully saturated rings. The minimum absolute atomic E-state index is 0.436. The average molecular weight is 199 g/mol. The Morgan fingerprint density at radius 2 is 1.64 bits per heavy atom. The highest BCUT2D eigenvalue weighted by molar-refractivity contribution is 4.72. The molecule has 0 saturated heterocycles. The van der Waals surface area contributed by atoms with Gasteiger partial charge in [0, 0.05) is 0 Å². The van der Waals surface area contributed by atoms with Gasteiger partial charge in [0.05, 0.1) is 0 Å². The summed E-state index contributed by atoms with van der Waals surface area (Å²) in [5.41, 5.74) is 6.05. The number of hydrogen-bond donors (Lipinski definition) is 1. The molecule has 1 heteroatoms. The van der Waals surface area contributed by atoms with Crippen LogP contribution in [0.15, 0.2) is 0 Å². The van der Waals surface area contributed by atoms with E-state index in [0.717, 1.165) is 24.8 Å². The van der Waals surface area contributed by atoms with Gasteiger partial charge in [0.2, 0.25) is 0 Å². The van der Waals surface area contributed by atoms with Gasteiger partial charge in [-0.3, -0.25) is 0 Å². The van der Waals surface area contributed by atoms with E-state index in [-0.39, 0.29) is 0 Å². The van der Waals surface area contributed by atoms with E-state index >= 15 is 0 Å². The van der Waals surface area contributed by atoms with Crippen molar-refractivity contribution < 1.29 is 0 Å². The van der Waals surface area contributed by atoms with Gasteiger partial charge in [0.1, 0.15) is 0 Å². The Balaban J connectivity index is 3.74. The molecule has 0 radical (unpaired) electrons. The SMILES string of the molecule is CC(C)CCC(C)CC(C)(C)CCN. The highest BCUT2D eigenvalue weighted by atomic mass is 14.5. The molecule has 0 rings (SSSR count). The van der Waals surface area contributed by atoms with Gasteiger partial charge in [0.15, 0.2) is 0 Å². The fraction of sp³-hybridized carbons (Fsp3) is 1.00. The fourth-order valence-corrected chi connectivity index (χ4v) is 2.16. The molecule has 2 N–H and O–H groups in total. The van der Waals surface area contributed by atoms with Crippen molar-refractivity contribution in [3.63, 3.8) is 0 Å².